The predicted molar refractivity (Wildman–Crippen MR) is 88.2 cm³/mol. The quantitative estimate of drug-likeness (QED) is 0.283. The van der Waals surface area contributed by atoms with Gasteiger partial charge in [0.2, 0.25) is 0 Å². The first-order valence-corrected chi connectivity index (χ1v) is 9.90. The molecule has 23 heavy (non-hydrogen) atoms. The molecule has 1 aromatic rings. The van der Waals surface area contributed by atoms with E-state index in [0.717, 1.165) is 23.4 Å². The van der Waals surface area contributed by atoms with Gasteiger partial charge >= 0.3 is 0 Å². The summed E-state index contributed by atoms with van der Waals surface area (Å²) in [7, 11) is -6.16. The third-order valence-electron chi connectivity index (χ3n) is 3.30. The number of nitrogens with zero attached hydrogens (tertiary/aromatic N) is 1. The molecule has 0 fully saturated rings. The first-order valence-electron chi connectivity index (χ1n) is 8.40. The second-order valence-corrected chi connectivity index (χ2v) is 8.92. The number of methoxy groups -OCH3 is 1. The molecule has 0 saturated carbocycles. The largest absolute Gasteiger partial charge is 0.385 e. The summed E-state index contributed by atoms with van der Waals surface area (Å²) >= 11 is 1.91. The maximum absolute atomic E-state index is 12.9. The number of likely N-dealkylation sites (N-methyl/N-ethyl adjacent to an activating group) is 1. The number of ether oxygens (including phenoxy) is 1. The van der Waals surface area contributed by atoms with Crippen LogP contribution in [0.15, 0.2) is 14.5 Å². The summed E-state index contributed by atoms with van der Waals surface area (Å²) in [4.78, 5) is 4.05. The molecule has 0 bridgehead atoms. The van der Waals surface area contributed by atoms with Gasteiger partial charge in [-0.2, -0.15) is 10.2 Å². The second kappa shape index (κ2) is 8.74. The highest BCUT2D eigenvalue weighted by Crippen LogP contribution is 2.42. The summed E-state index contributed by atoms with van der Waals surface area (Å²) in [6.45, 7) is 2.98. The van der Waals surface area contributed by atoms with Crippen molar-refractivity contribution in [1.29, 1.82) is 0 Å². The predicted octanol–water partition coefficient (Wildman–Crippen LogP) is 1.27. The monoisotopic (exact) mass is 386 g/mol. The Balaban J connectivity index is 2.16. The highest BCUT2D eigenvalue weighted by molar-refractivity contribution is 7.97. The van der Waals surface area contributed by atoms with Crippen molar-refractivity contribution in [3.05, 3.63) is 11.6 Å². The smallest absolute Gasteiger partial charge is 0.252 e. The van der Waals surface area contributed by atoms with Crippen molar-refractivity contribution >= 4 is 33.4 Å². The van der Waals surface area contributed by atoms with Gasteiger partial charge < -0.3 is 10.1 Å². The van der Waals surface area contributed by atoms with Crippen molar-refractivity contribution in [1.82, 2.24) is 9.62 Å². The van der Waals surface area contributed by atoms with Crippen LogP contribution in [-0.4, -0.2) is 46.0 Å². The van der Waals surface area contributed by atoms with Gasteiger partial charge in [0.25, 0.3) is 10.0 Å². The fourth-order valence-corrected chi connectivity index (χ4v) is 6.42. The Morgan fingerprint density at radius 3 is 3.17 bits per heavy atom. The number of sulfonamides is 1. The molecule has 1 aliphatic rings. The average molecular weight is 387 g/mol. The molecule has 0 saturated heterocycles. The van der Waals surface area contributed by atoms with Gasteiger partial charge in [-0.25, -0.2) is 8.42 Å². The average Bonchev–Trinajstić information content (AvgIpc) is 2.98. The number of nitrogens with one attached hydrogen (secondary N) is 1. The molecular formula is C12H21N3O5S3. The van der Waals surface area contributed by atoms with Crippen molar-refractivity contribution in [2.24, 2.45) is 5.90 Å². The maximum Gasteiger partial charge on any atom is 0.252 e. The fraction of sp³-hybridized carbons (Fsp3) is 0.667. The molecule has 3 N–H and O–H groups in total. The number of hydrogen-bond donors (Lipinski definition) is 2. The third kappa shape index (κ3) is 4.44. The van der Waals surface area contributed by atoms with Crippen molar-refractivity contribution < 1.29 is 26.6 Å². The molecule has 0 amide bonds. The number of nitrogens with two attached hydrogens (primary N) is 1. The van der Waals surface area contributed by atoms with E-state index in [-0.39, 0.29) is 36.4 Å². The van der Waals surface area contributed by atoms with Crippen LogP contribution in [0, 0.1) is 0 Å². The van der Waals surface area contributed by atoms with E-state index in [1.165, 1.54) is 4.31 Å². The standard InChI is InChI=1S/C12H21N3O5S3/c1-3-14-10-8-15(5-4-6-18-2)23(16,17)12-9(10)7-11(21-12)22-20-19-13/h7,10,14H,3-6,8,13H2,1-2H3/t10-/m0/s1/i2D3. The van der Waals surface area contributed by atoms with E-state index in [0.29, 0.717) is 16.3 Å². The minimum atomic E-state index is -3.68. The van der Waals surface area contributed by atoms with E-state index >= 15 is 0 Å². The van der Waals surface area contributed by atoms with E-state index in [4.69, 9.17) is 14.7 Å². The van der Waals surface area contributed by atoms with Crippen molar-refractivity contribution in [2.45, 2.75) is 27.8 Å². The van der Waals surface area contributed by atoms with E-state index in [2.05, 4.69) is 14.6 Å². The SMILES string of the molecule is [2H]C([2H])([2H])OCCCN1C[C@H](NCC)c2cc(SOON)sc2S1(=O)=O. The normalized spacial score (nSPS) is 23.0. The molecule has 0 aromatic carbocycles. The molecular weight excluding hydrogens is 362 g/mol. The zero-order chi connectivity index (χ0) is 19.4. The Morgan fingerprint density at radius 1 is 1.65 bits per heavy atom. The molecule has 1 atom stereocenters. The lowest BCUT2D eigenvalue weighted by molar-refractivity contribution is -0.195. The molecule has 2 heterocycles. The molecule has 1 aliphatic heterocycles. The fourth-order valence-electron chi connectivity index (χ4n) is 2.37. The van der Waals surface area contributed by atoms with E-state index in [9.17, 15) is 8.42 Å². The number of hydrogen-bond acceptors (Lipinski definition) is 9. The lowest BCUT2D eigenvalue weighted by Gasteiger charge is -2.32. The van der Waals surface area contributed by atoms with Crippen molar-refractivity contribution in [2.75, 3.05) is 33.3 Å². The third-order valence-corrected chi connectivity index (χ3v) is 7.52. The minimum absolute atomic E-state index is 0.0472. The summed E-state index contributed by atoms with van der Waals surface area (Å²) in [5.41, 5.74) is 0.676. The molecule has 8 nitrogen and oxygen atoms in total. The summed E-state index contributed by atoms with van der Waals surface area (Å²) in [5.74, 6) is 4.82. The zero-order valence-corrected chi connectivity index (χ0v) is 14.9. The van der Waals surface area contributed by atoms with Gasteiger partial charge in [0.1, 0.15) is 4.21 Å². The Hall–Kier alpha value is -0.240. The van der Waals surface area contributed by atoms with Gasteiger partial charge in [0.05, 0.1) is 20.4 Å². The van der Waals surface area contributed by atoms with Crippen LogP contribution in [0.4, 0.5) is 0 Å². The number of thiophene rings is 1. The number of fused-ring (bicyclic) bond motifs is 1. The van der Waals surface area contributed by atoms with Crippen LogP contribution in [0.2, 0.25) is 0 Å². The number of rotatable bonds is 9. The minimum Gasteiger partial charge on any atom is -0.385 e. The molecule has 0 spiro atoms. The second-order valence-electron chi connectivity index (χ2n) is 4.73. The van der Waals surface area contributed by atoms with Crippen LogP contribution < -0.4 is 11.2 Å². The lowest BCUT2D eigenvalue weighted by atomic mass is 10.1. The molecule has 11 heteroatoms. The van der Waals surface area contributed by atoms with Gasteiger partial charge in [0, 0.05) is 38.3 Å². The summed E-state index contributed by atoms with van der Waals surface area (Å²) in [6.07, 6.45) is 0.281. The Morgan fingerprint density at radius 2 is 2.48 bits per heavy atom. The van der Waals surface area contributed by atoms with Crippen LogP contribution in [-0.2, 0) is 24.1 Å². The van der Waals surface area contributed by atoms with Crippen molar-refractivity contribution in [3.63, 3.8) is 0 Å². The summed E-state index contributed by atoms with van der Waals surface area (Å²) in [6, 6.07) is 1.57. The van der Waals surface area contributed by atoms with E-state index in [1.807, 2.05) is 6.92 Å². The van der Waals surface area contributed by atoms with Crippen molar-refractivity contribution in [3.8, 4) is 0 Å². The Kier molecular flexibility index (Phi) is 5.72. The van der Waals surface area contributed by atoms with Crippen LogP contribution >= 0.6 is 23.4 Å². The first kappa shape index (κ1) is 15.0. The lowest BCUT2D eigenvalue weighted by Crippen LogP contribution is -2.43. The highest BCUT2D eigenvalue weighted by Gasteiger charge is 2.38. The van der Waals surface area contributed by atoms with Crippen LogP contribution in [0.5, 0.6) is 0 Å². The van der Waals surface area contributed by atoms with Gasteiger partial charge in [-0.3, -0.25) is 0 Å². The Bertz CT molecular complexity index is 698. The molecule has 0 radical (unpaired) electrons. The molecule has 0 aliphatic carbocycles. The van der Waals surface area contributed by atoms with Gasteiger partial charge in [0.15, 0.2) is 0 Å². The maximum atomic E-state index is 12.9. The molecule has 2 rings (SSSR count). The molecule has 0 unspecified atom stereocenters. The molecule has 132 valence electrons. The van der Waals surface area contributed by atoms with Crippen LogP contribution in [0.1, 0.15) is 29.1 Å². The molecule has 1 aromatic heterocycles. The summed E-state index contributed by atoms with van der Waals surface area (Å²) in [5, 5.41) is 3.27. The van der Waals surface area contributed by atoms with E-state index < -0.39 is 17.1 Å². The Labute approximate surface area is 148 Å². The van der Waals surface area contributed by atoms with Gasteiger partial charge in [-0.15, -0.1) is 20.7 Å². The summed E-state index contributed by atoms with van der Waals surface area (Å²) < 4.78 is 58.3. The highest BCUT2D eigenvalue weighted by atomic mass is 32.3. The van der Waals surface area contributed by atoms with Gasteiger partial charge in [-0.05, 0) is 19.0 Å². The zero-order valence-electron chi connectivity index (χ0n) is 15.5. The van der Waals surface area contributed by atoms with Gasteiger partial charge in [-0.1, -0.05) is 6.92 Å². The first-order chi connectivity index (χ1) is 12.2. The van der Waals surface area contributed by atoms with E-state index in [1.54, 1.807) is 6.07 Å². The van der Waals surface area contributed by atoms with Crippen LogP contribution in [0.25, 0.3) is 0 Å². The van der Waals surface area contributed by atoms with Crippen LogP contribution in [0.3, 0.4) is 0 Å². The topological polar surface area (TPSA) is 103 Å².